The van der Waals surface area contributed by atoms with Crippen molar-refractivity contribution in [2.24, 2.45) is 0 Å². The monoisotopic (exact) mass is 263 g/mol. The van der Waals surface area contributed by atoms with Crippen LogP contribution in [-0.2, 0) is 4.74 Å². The molecule has 1 atom stereocenters. The fourth-order valence-electron chi connectivity index (χ4n) is 2.87. The van der Waals surface area contributed by atoms with E-state index < -0.39 is 0 Å². The lowest BCUT2D eigenvalue weighted by Crippen LogP contribution is -2.43. The molecule has 0 radical (unpaired) electrons. The first-order chi connectivity index (χ1) is 9.04. The number of methoxy groups -OCH3 is 1. The van der Waals surface area contributed by atoms with Gasteiger partial charge in [0.05, 0.1) is 11.6 Å². The lowest BCUT2D eigenvalue weighted by molar-refractivity contribution is -0.0467. The Balaban J connectivity index is 3.08. The van der Waals surface area contributed by atoms with Gasteiger partial charge in [0.25, 0.3) is 0 Å². The molecule has 1 rings (SSSR count). The van der Waals surface area contributed by atoms with Gasteiger partial charge in [-0.25, -0.2) is 0 Å². The fraction of sp³-hybridized carbons (Fsp3) is 0.647. The van der Waals surface area contributed by atoms with E-state index in [-0.39, 0.29) is 11.6 Å². The van der Waals surface area contributed by atoms with Gasteiger partial charge in [0, 0.05) is 7.11 Å². The number of hydrogen-bond acceptors (Lipinski definition) is 2. The van der Waals surface area contributed by atoms with Crippen molar-refractivity contribution in [3.05, 3.63) is 35.4 Å². The molecule has 2 nitrogen and oxygen atoms in total. The molecule has 0 saturated heterocycles. The van der Waals surface area contributed by atoms with Gasteiger partial charge in [-0.05, 0) is 36.9 Å². The lowest BCUT2D eigenvalue weighted by Gasteiger charge is -2.38. The van der Waals surface area contributed by atoms with Crippen LogP contribution in [0.4, 0.5) is 0 Å². The summed E-state index contributed by atoms with van der Waals surface area (Å²) in [6.07, 6.45) is 1.99. The van der Waals surface area contributed by atoms with Crippen molar-refractivity contribution >= 4 is 0 Å². The van der Waals surface area contributed by atoms with Crippen LogP contribution in [0.5, 0.6) is 0 Å². The largest absolute Gasteiger partial charge is 0.376 e. The number of rotatable bonds is 7. The van der Waals surface area contributed by atoms with Gasteiger partial charge in [0.15, 0.2) is 0 Å². The van der Waals surface area contributed by atoms with Gasteiger partial charge in [0.1, 0.15) is 0 Å². The zero-order valence-corrected chi connectivity index (χ0v) is 13.3. The summed E-state index contributed by atoms with van der Waals surface area (Å²) < 4.78 is 5.86. The second-order valence-electron chi connectivity index (χ2n) is 5.52. The maximum Gasteiger partial charge on any atom is 0.0867 e. The molecule has 0 aromatic heterocycles. The highest BCUT2D eigenvalue weighted by molar-refractivity contribution is 5.28. The third-order valence-corrected chi connectivity index (χ3v) is 4.35. The quantitative estimate of drug-likeness (QED) is 0.793. The molecule has 0 spiro atoms. The minimum Gasteiger partial charge on any atom is -0.376 e. The molecule has 19 heavy (non-hydrogen) atoms. The van der Waals surface area contributed by atoms with Crippen molar-refractivity contribution < 1.29 is 4.74 Å². The van der Waals surface area contributed by atoms with E-state index >= 15 is 0 Å². The molecule has 0 heterocycles. The molecule has 108 valence electrons. The summed E-state index contributed by atoms with van der Waals surface area (Å²) in [7, 11) is 3.83. The van der Waals surface area contributed by atoms with Gasteiger partial charge in [-0.3, -0.25) is 0 Å². The van der Waals surface area contributed by atoms with Crippen LogP contribution in [-0.4, -0.2) is 19.8 Å². The van der Waals surface area contributed by atoms with Crippen molar-refractivity contribution in [2.75, 3.05) is 14.2 Å². The molecule has 0 fully saturated rings. The first-order valence-corrected chi connectivity index (χ1v) is 7.36. The fourth-order valence-corrected chi connectivity index (χ4v) is 2.87. The summed E-state index contributed by atoms with van der Waals surface area (Å²) in [5, 5.41) is 3.44. The second-order valence-corrected chi connectivity index (χ2v) is 5.52. The van der Waals surface area contributed by atoms with Crippen LogP contribution in [0.15, 0.2) is 24.3 Å². The third-order valence-electron chi connectivity index (χ3n) is 4.35. The second kappa shape index (κ2) is 7.06. The highest BCUT2D eigenvalue weighted by atomic mass is 16.5. The van der Waals surface area contributed by atoms with E-state index in [0.29, 0.717) is 5.92 Å². The third kappa shape index (κ3) is 3.37. The molecule has 1 N–H and O–H groups in total. The predicted molar refractivity (Wildman–Crippen MR) is 82.7 cm³/mol. The van der Waals surface area contributed by atoms with Crippen molar-refractivity contribution in [3.8, 4) is 0 Å². The average Bonchev–Trinajstić information content (AvgIpc) is 2.45. The molecule has 2 heteroatoms. The summed E-state index contributed by atoms with van der Waals surface area (Å²) in [5.41, 5.74) is 2.56. The van der Waals surface area contributed by atoms with Crippen molar-refractivity contribution in [2.45, 2.75) is 58.1 Å². The van der Waals surface area contributed by atoms with Crippen molar-refractivity contribution in [3.63, 3.8) is 0 Å². The van der Waals surface area contributed by atoms with Crippen LogP contribution in [0.1, 0.15) is 63.6 Å². The van der Waals surface area contributed by atoms with Crippen LogP contribution in [0.25, 0.3) is 0 Å². The van der Waals surface area contributed by atoms with E-state index in [2.05, 4.69) is 57.3 Å². The van der Waals surface area contributed by atoms with Crippen molar-refractivity contribution in [1.82, 2.24) is 5.32 Å². The summed E-state index contributed by atoms with van der Waals surface area (Å²) in [6, 6.07) is 9.16. The molecule has 0 saturated carbocycles. The van der Waals surface area contributed by atoms with E-state index in [1.165, 1.54) is 11.1 Å². The normalized spacial score (nSPS) is 13.8. The molecule has 1 aromatic rings. The smallest absolute Gasteiger partial charge is 0.0867 e. The van der Waals surface area contributed by atoms with Gasteiger partial charge < -0.3 is 10.1 Å². The summed E-state index contributed by atoms with van der Waals surface area (Å²) in [4.78, 5) is 0. The Morgan fingerprint density at radius 1 is 1.05 bits per heavy atom. The Kier molecular flexibility index (Phi) is 6.02. The first kappa shape index (κ1) is 16.2. The highest BCUT2D eigenvalue weighted by Crippen LogP contribution is 2.35. The maximum atomic E-state index is 5.86. The van der Waals surface area contributed by atoms with Gasteiger partial charge in [-0.2, -0.15) is 0 Å². The Labute approximate surface area is 118 Å². The first-order valence-electron chi connectivity index (χ1n) is 7.36. The van der Waals surface area contributed by atoms with Crippen LogP contribution in [0, 0.1) is 0 Å². The van der Waals surface area contributed by atoms with Gasteiger partial charge in [0.2, 0.25) is 0 Å². The topological polar surface area (TPSA) is 21.3 Å². The minimum absolute atomic E-state index is 0.131. The standard InChI is InChI=1S/C17H29NO/c1-7-17(8-2,19-6)16(18-5)15-11-9-14(10-12-15)13(3)4/h9-13,16,18H,7-8H2,1-6H3. The van der Waals surface area contributed by atoms with Gasteiger partial charge in [-0.1, -0.05) is 52.0 Å². The Hall–Kier alpha value is -0.860. The molecule has 1 aromatic carbocycles. The zero-order chi connectivity index (χ0) is 14.5. The SMILES string of the molecule is CCC(CC)(OC)C(NC)c1ccc(C(C)C)cc1. The molecule has 0 aliphatic heterocycles. The Bertz CT molecular complexity index is 357. The lowest BCUT2D eigenvalue weighted by atomic mass is 9.83. The number of likely N-dealkylation sites (N-methyl/N-ethyl adjacent to an activating group) is 1. The molecular formula is C17H29NO. The molecule has 0 aliphatic carbocycles. The molecule has 1 unspecified atom stereocenters. The van der Waals surface area contributed by atoms with Crippen LogP contribution in [0.3, 0.4) is 0 Å². The van der Waals surface area contributed by atoms with Crippen LogP contribution < -0.4 is 5.32 Å². The van der Waals surface area contributed by atoms with Gasteiger partial charge >= 0.3 is 0 Å². The Morgan fingerprint density at radius 3 is 1.84 bits per heavy atom. The van der Waals surface area contributed by atoms with Crippen molar-refractivity contribution in [1.29, 1.82) is 0 Å². The zero-order valence-electron chi connectivity index (χ0n) is 13.3. The highest BCUT2D eigenvalue weighted by Gasteiger charge is 2.35. The Morgan fingerprint density at radius 2 is 1.53 bits per heavy atom. The van der Waals surface area contributed by atoms with E-state index in [4.69, 9.17) is 4.74 Å². The number of benzene rings is 1. The number of nitrogens with one attached hydrogen (secondary N) is 1. The summed E-state index contributed by atoms with van der Waals surface area (Å²) >= 11 is 0. The van der Waals surface area contributed by atoms with E-state index in [1.54, 1.807) is 0 Å². The predicted octanol–water partition coefficient (Wildman–Crippen LogP) is 4.28. The average molecular weight is 263 g/mol. The minimum atomic E-state index is -0.131. The maximum absolute atomic E-state index is 5.86. The molecule has 0 bridgehead atoms. The number of ether oxygens (including phenoxy) is 1. The summed E-state index contributed by atoms with van der Waals surface area (Å²) in [6.45, 7) is 8.84. The van der Waals surface area contributed by atoms with E-state index in [9.17, 15) is 0 Å². The summed E-state index contributed by atoms with van der Waals surface area (Å²) in [5.74, 6) is 0.576. The molecule has 0 aliphatic rings. The van der Waals surface area contributed by atoms with E-state index in [1.807, 2.05) is 14.2 Å². The van der Waals surface area contributed by atoms with Crippen LogP contribution in [0.2, 0.25) is 0 Å². The van der Waals surface area contributed by atoms with E-state index in [0.717, 1.165) is 12.8 Å². The number of hydrogen-bond donors (Lipinski definition) is 1. The van der Waals surface area contributed by atoms with Crippen LogP contribution >= 0.6 is 0 Å². The molecule has 0 amide bonds. The van der Waals surface area contributed by atoms with Gasteiger partial charge in [-0.15, -0.1) is 0 Å². The molecular weight excluding hydrogens is 234 g/mol.